The van der Waals surface area contributed by atoms with Crippen LogP contribution in [0.15, 0.2) is 71.3 Å². The van der Waals surface area contributed by atoms with E-state index in [9.17, 15) is 9.47 Å². The third kappa shape index (κ3) is 3.96. The Hall–Kier alpha value is -1.68. The first kappa shape index (κ1) is 20.1. The molecule has 6 heteroatoms. The minimum absolute atomic E-state index is 0.00219. The quantitative estimate of drug-likeness (QED) is 0.623. The zero-order valence-electron chi connectivity index (χ0n) is 15.6. The third-order valence-electron chi connectivity index (χ3n) is 4.80. The minimum Gasteiger partial charge on any atom is -0.269 e. The van der Waals surface area contributed by atoms with Crippen LogP contribution in [0.4, 0.5) is 0 Å². The molecule has 0 aliphatic carbocycles. The van der Waals surface area contributed by atoms with Crippen molar-refractivity contribution in [2.75, 3.05) is 12.5 Å². The molecular formula is C21H22N2OS3. The molecule has 1 heterocycles. The standard InChI is InChI=1S/C21H22N2OS3/c1-16-9-11-19(12-10-16)27(24)23-15-18(14-22)20(13-21(23,25-2)26-3)17-7-5-4-6-8-17/h4-12,15,20H,13H2,1-3H3. The van der Waals surface area contributed by atoms with Crippen molar-refractivity contribution >= 4 is 34.5 Å². The van der Waals surface area contributed by atoms with E-state index in [0.29, 0.717) is 5.57 Å². The van der Waals surface area contributed by atoms with E-state index in [1.807, 2.05) is 72.4 Å². The van der Waals surface area contributed by atoms with Crippen LogP contribution in [0.2, 0.25) is 0 Å². The molecule has 0 aromatic heterocycles. The lowest BCUT2D eigenvalue weighted by atomic mass is 9.87. The number of aryl methyl sites for hydroxylation is 1. The van der Waals surface area contributed by atoms with Gasteiger partial charge >= 0.3 is 0 Å². The second-order valence-electron chi connectivity index (χ2n) is 6.37. The summed E-state index contributed by atoms with van der Waals surface area (Å²) in [5, 5.41) is 9.79. The monoisotopic (exact) mass is 414 g/mol. The van der Waals surface area contributed by atoms with Crippen LogP contribution in [-0.2, 0) is 11.0 Å². The summed E-state index contributed by atoms with van der Waals surface area (Å²) in [6, 6.07) is 20.2. The number of rotatable bonds is 5. The van der Waals surface area contributed by atoms with Gasteiger partial charge in [-0.3, -0.25) is 4.31 Å². The highest BCUT2D eigenvalue weighted by Gasteiger charge is 2.45. The van der Waals surface area contributed by atoms with Crippen LogP contribution < -0.4 is 0 Å². The maximum Gasteiger partial charge on any atom is 0.154 e. The second kappa shape index (κ2) is 8.55. The molecule has 0 bridgehead atoms. The first-order valence-corrected chi connectivity index (χ1v) is 12.1. The summed E-state index contributed by atoms with van der Waals surface area (Å²) in [7, 11) is -1.38. The third-order valence-corrected chi connectivity index (χ3v) is 9.48. The van der Waals surface area contributed by atoms with Crippen LogP contribution in [0.3, 0.4) is 0 Å². The largest absolute Gasteiger partial charge is 0.269 e. The van der Waals surface area contributed by atoms with Gasteiger partial charge in [-0.15, -0.1) is 23.5 Å². The SMILES string of the molecule is CSC1(SC)CC(c2ccccc2)C(C#N)=CN1S(=O)c1ccc(C)cc1. The van der Waals surface area contributed by atoms with Gasteiger partial charge in [-0.2, -0.15) is 5.26 Å². The van der Waals surface area contributed by atoms with Crippen molar-refractivity contribution in [2.45, 2.75) is 28.4 Å². The van der Waals surface area contributed by atoms with Gasteiger partial charge in [-0.05, 0) is 37.1 Å². The van der Waals surface area contributed by atoms with Crippen LogP contribution in [0.1, 0.15) is 23.5 Å². The Kier molecular flexibility index (Phi) is 6.36. The second-order valence-corrected chi connectivity index (χ2v) is 10.2. The fourth-order valence-corrected chi connectivity index (χ4v) is 7.02. The maximum atomic E-state index is 13.4. The topological polar surface area (TPSA) is 44.1 Å². The molecule has 0 saturated heterocycles. The number of hydrogen-bond acceptors (Lipinski definition) is 4. The van der Waals surface area contributed by atoms with E-state index in [1.165, 1.54) is 0 Å². The van der Waals surface area contributed by atoms with E-state index in [4.69, 9.17) is 0 Å². The van der Waals surface area contributed by atoms with Gasteiger partial charge in [0.05, 0.1) is 16.5 Å². The molecule has 0 saturated carbocycles. The van der Waals surface area contributed by atoms with Crippen molar-refractivity contribution in [3.63, 3.8) is 0 Å². The Morgan fingerprint density at radius 3 is 2.30 bits per heavy atom. The van der Waals surface area contributed by atoms with Crippen molar-refractivity contribution < 1.29 is 4.21 Å². The van der Waals surface area contributed by atoms with Gasteiger partial charge in [0.15, 0.2) is 11.0 Å². The van der Waals surface area contributed by atoms with Crippen molar-refractivity contribution in [2.24, 2.45) is 0 Å². The predicted molar refractivity (Wildman–Crippen MR) is 117 cm³/mol. The Morgan fingerprint density at radius 2 is 1.74 bits per heavy atom. The first-order valence-electron chi connectivity index (χ1n) is 8.59. The van der Waals surface area contributed by atoms with Gasteiger partial charge in [0.1, 0.15) is 4.20 Å². The molecule has 0 N–H and O–H groups in total. The van der Waals surface area contributed by atoms with Crippen LogP contribution in [0.5, 0.6) is 0 Å². The van der Waals surface area contributed by atoms with Crippen molar-refractivity contribution in [1.82, 2.24) is 4.31 Å². The van der Waals surface area contributed by atoms with Gasteiger partial charge in [0.2, 0.25) is 0 Å². The lowest BCUT2D eigenvalue weighted by Gasteiger charge is -2.45. The van der Waals surface area contributed by atoms with Crippen molar-refractivity contribution in [1.29, 1.82) is 5.26 Å². The average molecular weight is 415 g/mol. The zero-order chi connectivity index (χ0) is 19.4. The van der Waals surface area contributed by atoms with Gasteiger partial charge in [-0.25, -0.2) is 4.21 Å². The lowest BCUT2D eigenvalue weighted by Crippen LogP contribution is -2.45. The Bertz CT molecular complexity index is 884. The molecule has 1 aliphatic rings. The fourth-order valence-electron chi connectivity index (χ4n) is 3.23. The summed E-state index contributed by atoms with van der Waals surface area (Å²) in [6.45, 7) is 2.01. The Balaban J connectivity index is 2.07. The molecule has 140 valence electrons. The maximum absolute atomic E-state index is 13.4. The molecule has 2 atom stereocenters. The van der Waals surface area contributed by atoms with Crippen LogP contribution >= 0.6 is 23.5 Å². The van der Waals surface area contributed by atoms with Crippen LogP contribution in [-0.4, -0.2) is 25.2 Å². The summed E-state index contributed by atoms with van der Waals surface area (Å²) in [5.74, 6) is 0.00219. The molecule has 0 fully saturated rings. The van der Waals surface area contributed by atoms with E-state index in [2.05, 4.69) is 18.2 Å². The van der Waals surface area contributed by atoms with Gasteiger partial charge in [-0.1, -0.05) is 48.0 Å². The molecule has 3 rings (SSSR count). The zero-order valence-corrected chi connectivity index (χ0v) is 18.0. The Labute approximate surface area is 172 Å². The van der Waals surface area contributed by atoms with E-state index < -0.39 is 15.2 Å². The highest BCUT2D eigenvalue weighted by atomic mass is 32.2. The first-order chi connectivity index (χ1) is 13.0. The number of hydrogen-bond donors (Lipinski definition) is 0. The summed E-state index contributed by atoms with van der Waals surface area (Å²) >= 11 is 3.36. The smallest absolute Gasteiger partial charge is 0.154 e. The molecule has 1 aliphatic heterocycles. The average Bonchev–Trinajstić information content (AvgIpc) is 2.73. The number of allylic oxidation sites excluding steroid dienone is 1. The van der Waals surface area contributed by atoms with Crippen LogP contribution in [0, 0.1) is 18.3 Å². The molecule has 0 radical (unpaired) electrons. The van der Waals surface area contributed by atoms with E-state index in [0.717, 1.165) is 22.4 Å². The predicted octanol–water partition coefficient (Wildman–Crippen LogP) is 5.29. The number of nitriles is 1. The molecule has 27 heavy (non-hydrogen) atoms. The molecule has 2 unspecified atom stereocenters. The molecular weight excluding hydrogens is 392 g/mol. The summed E-state index contributed by atoms with van der Waals surface area (Å²) in [5.41, 5.74) is 2.91. The summed E-state index contributed by atoms with van der Waals surface area (Å²) < 4.78 is 14.9. The minimum atomic E-state index is -1.38. The number of thioether (sulfide) groups is 2. The normalized spacial score (nSPS) is 19.9. The van der Waals surface area contributed by atoms with E-state index in [1.54, 1.807) is 23.5 Å². The molecule has 0 spiro atoms. The molecule has 2 aromatic rings. The molecule has 0 amide bonds. The van der Waals surface area contributed by atoms with Crippen LogP contribution in [0.25, 0.3) is 0 Å². The fraction of sp³-hybridized carbons (Fsp3) is 0.286. The number of nitrogens with zero attached hydrogens (tertiary/aromatic N) is 2. The van der Waals surface area contributed by atoms with Gasteiger partial charge < -0.3 is 0 Å². The van der Waals surface area contributed by atoms with E-state index >= 15 is 0 Å². The van der Waals surface area contributed by atoms with Gasteiger partial charge in [0.25, 0.3) is 0 Å². The Morgan fingerprint density at radius 1 is 1.11 bits per heavy atom. The highest BCUT2D eigenvalue weighted by molar-refractivity contribution is 8.18. The molecule has 2 aromatic carbocycles. The van der Waals surface area contributed by atoms with Crippen molar-refractivity contribution in [3.8, 4) is 6.07 Å². The van der Waals surface area contributed by atoms with E-state index in [-0.39, 0.29) is 5.92 Å². The van der Waals surface area contributed by atoms with Gasteiger partial charge in [0, 0.05) is 18.5 Å². The lowest BCUT2D eigenvalue weighted by molar-refractivity contribution is 0.426. The summed E-state index contributed by atoms with van der Waals surface area (Å²) in [6.07, 6.45) is 6.62. The van der Waals surface area contributed by atoms with Crippen molar-refractivity contribution in [3.05, 3.63) is 77.5 Å². The highest BCUT2D eigenvalue weighted by Crippen LogP contribution is 2.51. The molecule has 3 nitrogen and oxygen atoms in total. The summed E-state index contributed by atoms with van der Waals surface area (Å²) in [4.78, 5) is 0.750. The number of benzene rings is 2.